The van der Waals surface area contributed by atoms with E-state index >= 15 is 0 Å². The van der Waals surface area contributed by atoms with Gasteiger partial charge in [-0.3, -0.25) is 14.6 Å². The second-order valence-corrected chi connectivity index (χ2v) is 8.53. The Morgan fingerprint density at radius 1 is 0.909 bits per heavy atom. The maximum absolute atomic E-state index is 12.4. The van der Waals surface area contributed by atoms with E-state index in [2.05, 4.69) is 75.9 Å². The van der Waals surface area contributed by atoms with E-state index in [0.717, 1.165) is 38.9 Å². The largest absolute Gasteiger partial charge is 0.366 e. The minimum Gasteiger partial charge on any atom is -0.366 e. The van der Waals surface area contributed by atoms with Crippen molar-refractivity contribution in [3.05, 3.63) is 101 Å². The molecule has 170 valence electrons. The first-order valence-electron chi connectivity index (χ1n) is 11.5. The number of nitrogens with one attached hydrogen (secondary N) is 1. The minimum atomic E-state index is -0.651. The second-order valence-electron chi connectivity index (χ2n) is 8.53. The fraction of sp³-hybridized carbons (Fsp3) is 0.296. The topological polar surface area (TPSA) is 88.3 Å². The Morgan fingerprint density at radius 3 is 2.09 bits per heavy atom. The van der Waals surface area contributed by atoms with Gasteiger partial charge in [-0.1, -0.05) is 60.7 Å². The number of piperidine rings is 1. The molecule has 3 aromatic rings. The highest BCUT2D eigenvalue weighted by Gasteiger charge is 2.37. The molecule has 1 saturated heterocycles. The summed E-state index contributed by atoms with van der Waals surface area (Å²) in [7, 11) is 0. The van der Waals surface area contributed by atoms with Crippen LogP contribution in [0.5, 0.6) is 0 Å². The average Bonchev–Trinajstić information content (AvgIpc) is 2.88. The molecule has 0 unspecified atom stereocenters. The first-order chi connectivity index (χ1) is 16.1. The molecule has 1 aliphatic heterocycles. The van der Waals surface area contributed by atoms with E-state index in [1.165, 1.54) is 23.4 Å². The summed E-state index contributed by atoms with van der Waals surface area (Å²) in [5, 5.41) is 2.87. The molecule has 1 aliphatic rings. The summed E-state index contributed by atoms with van der Waals surface area (Å²) in [6.45, 7) is 3.44. The molecule has 2 heterocycles. The zero-order chi connectivity index (χ0) is 23.1. The Balaban J connectivity index is 1.32. The molecule has 6 nitrogen and oxygen atoms in total. The van der Waals surface area contributed by atoms with Gasteiger partial charge in [0.05, 0.1) is 5.56 Å². The van der Waals surface area contributed by atoms with Crippen molar-refractivity contribution in [2.45, 2.75) is 24.7 Å². The molecule has 2 aromatic carbocycles. The van der Waals surface area contributed by atoms with Gasteiger partial charge in [0.25, 0.3) is 11.8 Å². The van der Waals surface area contributed by atoms with Crippen LogP contribution in [0.2, 0.25) is 0 Å². The predicted molar refractivity (Wildman–Crippen MR) is 129 cm³/mol. The number of benzene rings is 2. The van der Waals surface area contributed by atoms with Crippen LogP contribution in [-0.4, -0.2) is 47.9 Å². The summed E-state index contributed by atoms with van der Waals surface area (Å²) < 4.78 is 0. The smallest absolute Gasteiger partial charge is 0.270 e. The number of nitrogens with two attached hydrogens (primary N) is 1. The summed E-state index contributed by atoms with van der Waals surface area (Å²) in [4.78, 5) is 30.4. The number of rotatable bonds is 8. The van der Waals surface area contributed by atoms with E-state index in [4.69, 9.17) is 5.73 Å². The normalized spacial score (nSPS) is 15.6. The maximum Gasteiger partial charge on any atom is 0.270 e. The Morgan fingerprint density at radius 2 is 1.52 bits per heavy atom. The summed E-state index contributed by atoms with van der Waals surface area (Å²) in [6, 6.07) is 24.7. The van der Waals surface area contributed by atoms with Crippen molar-refractivity contribution in [3.8, 4) is 0 Å². The third kappa shape index (κ3) is 5.12. The first kappa shape index (κ1) is 22.7. The van der Waals surface area contributed by atoms with Crippen LogP contribution in [0, 0.1) is 0 Å². The van der Waals surface area contributed by atoms with Crippen LogP contribution in [0.3, 0.4) is 0 Å². The van der Waals surface area contributed by atoms with Gasteiger partial charge in [-0.2, -0.15) is 0 Å². The van der Waals surface area contributed by atoms with E-state index in [1.807, 2.05) is 0 Å². The highest BCUT2D eigenvalue weighted by molar-refractivity contribution is 6.05. The van der Waals surface area contributed by atoms with Gasteiger partial charge in [0.2, 0.25) is 0 Å². The molecule has 0 bridgehead atoms. The monoisotopic (exact) mass is 442 g/mol. The first-order valence-corrected chi connectivity index (χ1v) is 11.5. The van der Waals surface area contributed by atoms with E-state index in [9.17, 15) is 9.59 Å². The van der Waals surface area contributed by atoms with Crippen molar-refractivity contribution < 1.29 is 9.59 Å². The van der Waals surface area contributed by atoms with E-state index in [0.29, 0.717) is 6.54 Å². The SMILES string of the molecule is NC(=O)c1cccnc1C(=O)NCCCN1CCC(c2ccccc2)(c2ccccc2)CC1. The van der Waals surface area contributed by atoms with Crippen LogP contribution in [0.4, 0.5) is 0 Å². The number of carbonyl (C=O) groups is 2. The van der Waals surface area contributed by atoms with Crippen molar-refractivity contribution in [2.75, 3.05) is 26.2 Å². The van der Waals surface area contributed by atoms with Crippen molar-refractivity contribution in [1.29, 1.82) is 0 Å². The Hall–Kier alpha value is -3.51. The van der Waals surface area contributed by atoms with Crippen molar-refractivity contribution >= 4 is 11.8 Å². The fourth-order valence-electron chi connectivity index (χ4n) is 4.79. The fourth-order valence-corrected chi connectivity index (χ4v) is 4.79. The van der Waals surface area contributed by atoms with Crippen molar-refractivity contribution in [1.82, 2.24) is 15.2 Å². The molecule has 0 atom stereocenters. The summed E-state index contributed by atoms with van der Waals surface area (Å²) in [5.41, 5.74) is 8.37. The average molecular weight is 443 g/mol. The lowest BCUT2D eigenvalue weighted by molar-refractivity contribution is 0.0928. The van der Waals surface area contributed by atoms with Gasteiger partial charge in [-0.05, 0) is 62.2 Å². The molecular weight excluding hydrogens is 412 g/mol. The van der Waals surface area contributed by atoms with E-state index < -0.39 is 5.91 Å². The van der Waals surface area contributed by atoms with Crippen LogP contribution in [0.1, 0.15) is 51.2 Å². The molecule has 1 aromatic heterocycles. The number of aromatic nitrogens is 1. The van der Waals surface area contributed by atoms with Crippen molar-refractivity contribution in [2.24, 2.45) is 5.73 Å². The third-order valence-electron chi connectivity index (χ3n) is 6.59. The molecule has 2 amide bonds. The van der Waals surface area contributed by atoms with Gasteiger partial charge in [-0.15, -0.1) is 0 Å². The number of carbonyl (C=O) groups excluding carboxylic acids is 2. The molecule has 1 fully saturated rings. The van der Waals surface area contributed by atoms with Crippen LogP contribution in [0.25, 0.3) is 0 Å². The van der Waals surface area contributed by atoms with Gasteiger partial charge >= 0.3 is 0 Å². The number of hydrogen-bond donors (Lipinski definition) is 2. The molecule has 6 heteroatoms. The van der Waals surface area contributed by atoms with Gasteiger partial charge in [-0.25, -0.2) is 0 Å². The van der Waals surface area contributed by atoms with Gasteiger partial charge in [0.1, 0.15) is 5.69 Å². The molecule has 0 aliphatic carbocycles. The molecule has 0 saturated carbocycles. The number of hydrogen-bond acceptors (Lipinski definition) is 4. The van der Waals surface area contributed by atoms with Crippen LogP contribution < -0.4 is 11.1 Å². The Bertz CT molecular complexity index is 1040. The standard InChI is InChI=1S/C27H30N4O2/c28-25(32)23-13-7-16-29-24(23)26(33)30-17-8-18-31-19-14-27(15-20-31,21-9-3-1-4-10-21)22-11-5-2-6-12-22/h1-7,9-13,16H,8,14-15,17-20H2,(H2,28,32)(H,30,33). The quantitative estimate of drug-likeness (QED) is 0.524. The van der Waals surface area contributed by atoms with Crippen LogP contribution in [-0.2, 0) is 5.41 Å². The van der Waals surface area contributed by atoms with Gasteiger partial charge in [0, 0.05) is 18.2 Å². The van der Waals surface area contributed by atoms with E-state index in [-0.39, 0.29) is 22.6 Å². The highest BCUT2D eigenvalue weighted by atomic mass is 16.2. The number of nitrogens with zero attached hydrogens (tertiary/aromatic N) is 2. The second kappa shape index (κ2) is 10.4. The lowest BCUT2D eigenvalue weighted by atomic mass is 9.68. The molecular formula is C27H30N4O2. The molecule has 33 heavy (non-hydrogen) atoms. The van der Waals surface area contributed by atoms with Gasteiger partial charge < -0.3 is 16.0 Å². The van der Waals surface area contributed by atoms with Crippen molar-refractivity contribution in [3.63, 3.8) is 0 Å². The Labute approximate surface area is 194 Å². The molecule has 4 rings (SSSR count). The highest BCUT2D eigenvalue weighted by Crippen LogP contribution is 2.41. The minimum absolute atomic E-state index is 0.0391. The summed E-state index contributed by atoms with van der Waals surface area (Å²) in [5.74, 6) is -1.02. The lowest BCUT2D eigenvalue weighted by Crippen LogP contribution is -2.44. The number of amides is 2. The number of likely N-dealkylation sites (tertiary alicyclic amines) is 1. The third-order valence-corrected chi connectivity index (χ3v) is 6.59. The predicted octanol–water partition coefficient (Wildman–Crippen LogP) is 3.38. The zero-order valence-electron chi connectivity index (χ0n) is 18.7. The van der Waals surface area contributed by atoms with Crippen LogP contribution >= 0.6 is 0 Å². The van der Waals surface area contributed by atoms with Gasteiger partial charge in [0.15, 0.2) is 0 Å². The summed E-state index contributed by atoms with van der Waals surface area (Å²) >= 11 is 0. The van der Waals surface area contributed by atoms with E-state index in [1.54, 1.807) is 6.07 Å². The number of pyridine rings is 1. The zero-order valence-corrected chi connectivity index (χ0v) is 18.7. The number of primary amides is 1. The molecule has 0 radical (unpaired) electrons. The lowest BCUT2D eigenvalue weighted by Gasteiger charge is -2.43. The Kier molecular flexibility index (Phi) is 7.15. The maximum atomic E-state index is 12.4. The summed E-state index contributed by atoms with van der Waals surface area (Å²) in [6.07, 6.45) is 4.43. The molecule has 0 spiro atoms. The molecule has 3 N–H and O–H groups in total. The van der Waals surface area contributed by atoms with Crippen LogP contribution in [0.15, 0.2) is 79.0 Å².